The van der Waals surface area contributed by atoms with Crippen molar-refractivity contribution in [3.8, 4) is 0 Å². The van der Waals surface area contributed by atoms with Crippen LogP contribution in [-0.2, 0) is 14.4 Å². The summed E-state index contributed by atoms with van der Waals surface area (Å²) in [6.45, 7) is 1.80. The number of fused-ring (bicyclic) bond motifs is 1. The molecule has 0 aliphatic carbocycles. The van der Waals surface area contributed by atoms with Crippen LogP contribution in [-0.4, -0.2) is 44.3 Å². The molecule has 0 saturated carbocycles. The number of rotatable bonds is 4. The molecule has 0 bridgehead atoms. The first kappa shape index (κ1) is 12.9. The van der Waals surface area contributed by atoms with E-state index in [-0.39, 0.29) is 11.3 Å². The van der Waals surface area contributed by atoms with Crippen LogP contribution in [0.3, 0.4) is 0 Å². The summed E-state index contributed by atoms with van der Waals surface area (Å²) >= 11 is 1.48. The molecule has 1 N–H and O–H groups in total. The van der Waals surface area contributed by atoms with Gasteiger partial charge in [-0.1, -0.05) is 18.2 Å². The second-order valence-corrected chi connectivity index (χ2v) is 6.04. The Morgan fingerprint density at radius 1 is 1.50 bits per heavy atom. The molecule has 2 aliphatic heterocycles. The third kappa shape index (κ3) is 1.96. The fourth-order valence-electron chi connectivity index (χ4n) is 2.29. The molecule has 0 aromatic heterocycles. The number of carbonyl (C=O) groups is 3. The molecule has 96 valence electrons. The Bertz CT molecular complexity index is 459. The molecule has 5 nitrogen and oxygen atoms in total. The zero-order chi connectivity index (χ0) is 13.3. The Morgan fingerprint density at radius 3 is 2.78 bits per heavy atom. The topological polar surface area (TPSA) is 74.7 Å². The number of allylic oxidation sites excluding steroid dienone is 3. The lowest BCUT2D eigenvalue weighted by Gasteiger charge is -2.36. The van der Waals surface area contributed by atoms with Crippen LogP contribution in [0.25, 0.3) is 0 Å². The summed E-state index contributed by atoms with van der Waals surface area (Å²) in [7, 11) is 0. The van der Waals surface area contributed by atoms with E-state index in [0.29, 0.717) is 12.7 Å². The van der Waals surface area contributed by atoms with E-state index in [1.165, 1.54) is 22.7 Å². The highest BCUT2D eigenvalue weighted by atomic mass is 32.2. The number of aldehydes is 1. The first-order valence-electron chi connectivity index (χ1n) is 5.51. The van der Waals surface area contributed by atoms with Gasteiger partial charge in [0.15, 0.2) is 0 Å². The highest BCUT2D eigenvalue weighted by molar-refractivity contribution is 8.01. The van der Waals surface area contributed by atoms with Crippen molar-refractivity contribution < 1.29 is 19.5 Å². The van der Waals surface area contributed by atoms with Crippen molar-refractivity contribution in [2.75, 3.05) is 0 Å². The summed E-state index contributed by atoms with van der Waals surface area (Å²) in [6.07, 6.45) is 7.32. The number of carbonyl (C=O) groups excluding carboxylic acids is 2. The minimum atomic E-state index is -0.996. The average Bonchev–Trinajstić information content (AvgIpc) is 2.54. The van der Waals surface area contributed by atoms with Crippen molar-refractivity contribution in [1.82, 2.24) is 4.90 Å². The number of β-lactam (4-membered cyclic amide) rings is 1. The molecular formula is C12H13NO4S. The van der Waals surface area contributed by atoms with Crippen LogP contribution in [0.15, 0.2) is 24.3 Å². The van der Waals surface area contributed by atoms with Gasteiger partial charge in [0, 0.05) is 0 Å². The van der Waals surface area contributed by atoms with Gasteiger partial charge in [-0.2, -0.15) is 0 Å². The molecule has 2 heterocycles. The molecular weight excluding hydrogens is 254 g/mol. The molecule has 2 fully saturated rings. The molecule has 0 spiro atoms. The van der Waals surface area contributed by atoms with Gasteiger partial charge < -0.3 is 10.0 Å². The SMILES string of the molecule is C[C@@]1(/C=C/C=C/C=O)S[C@@H]2CC(=O)N2[C@H]1C(=O)O. The van der Waals surface area contributed by atoms with Gasteiger partial charge in [-0.3, -0.25) is 9.59 Å². The largest absolute Gasteiger partial charge is 0.480 e. The Labute approximate surface area is 109 Å². The van der Waals surface area contributed by atoms with Gasteiger partial charge in [0.05, 0.1) is 16.5 Å². The number of carboxylic acid groups (broad SMARTS) is 1. The first-order valence-corrected chi connectivity index (χ1v) is 6.39. The van der Waals surface area contributed by atoms with Crippen molar-refractivity contribution in [2.45, 2.75) is 29.5 Å². The van der Waals surface area contributed by atoms with E-state index < -0.39 is 16.8 Å². The number of hydrogen-bond donors (Lipinski definition) is 1. The molecule has 0 unspecified atom stereocenters. The number of thioether (sulfide) groups is 1. The molecule has 2 aliphatic rings. The van der Waals surface area contributed by atoms with Crippen molar-refractivity contribution in [3.05, 3.63) is 24.3 Å². The van der Waals surface area contributed by atoms with Gasteiger partial charge in [-0.05, 0) is 13.0 Å². The fraction of sp³-hybridized carbons (Fsp3) is 0.417. The van der Waals surface area contributed by atoms with Gasteiger partial charge in [0.1, 0.15) is 12.3 Å². The minimum Gasteiger partial charge on any atom is -0.480 e. The van der Waals surface area contributed by atoms with E-state index >= 15 is 0 Å². The second kappa shape index (κ2) is 4.61. The quantitative estimate of drug-likeness (QED) is 0.353. The zero-order valence-corrected chi connectivity index (χ0v) is 10.6. The zero-order valence-electron chi connectivity index (χ0n) is 9.78. The predicted octanol–water partition coefficient (Wildman–Crippen LogP) is 0.815. The van der Waals surface area contributed by atoms with E-state index in [1.54, 1.807) is 25.2 Å². The lowest BCUT2D eigenvalue weighted by Crippen LogP contribution is -2.57. The predicted molar refractivity (Wildman–Crippen MR) is 67.0 cm³/mol. The molecule has 18 heavy (non-hydrogen) atoms. The smallest absolute Gasteiger partial charge is 0.328 e. The highest BCUT2D eigenvalue weighted by Gasteiger charge is 2.59. The van der Waals surface area contributed by atoms with Crippen molar-refractivity contribution >= 4 is 29.9 Å². The molecule has 2 rings (SSSR count). The Kier molecular flexibility index (Phi) is 3.30. The van der Waals surface area contributed by atoms with Gasteiger partial charge in [0.2, 0.25) is 5.91 Å². The van der Waals surface area contributed by atoms with Gasteiger partial charge in [-0.15, -0.1) is 11.8 Å². The summed E-state index contributed by atoms with van der Waals surface area (Å²) in [5.74, 6) is -1.11. The Balaban J connectivity index is 2.22. The lowest BCUT2D eigenvalue weighted by molar-refractivity contribution is -0.156. The van der Waals surface area contributed by atoms with Crippen LogP contribution in [0.5, 0.6) is 0 Å². The van der Waals surface area contributed by atoms with Crippen LogP contribution in [0.2, 0.25) is 0 Å². The van der Waals surface area contributed by atoms with Crippen LogP contribution in [0.4, 0.5) is 0 Å². The lowest BCUT2D eigenvalue weighted by atomic mass is 9.96. The summed E-state index contributed by atoms with van der Waals surface area (Å²) in [4.78, 5) is 34.4. The van der Waals surface area contributed by atoms with Gasteiger partial charge in [0.25, 0.3) is 0 Å². The molecule has 0 aromatic carbocycles. The van der Waals surface area contributed by atoms with Gasteiger partial charge >= 0.3 is 5.97 Å². The van der Waals surface area contributed by atoms with Crippen LogP contribution < -0.4 is 0 Å². The van der Waals surface area contributed by atoms with Crippen LogP contribution in [0, 0.1) is 0 Å². The van der Waals surface area contributed by atoms with Crippen molar-refractivity contribution in [3.63, 3.8) is 0 Å². The van der Waals surface area contributed by atoms with E-state index in [0.717, 1.165) is 0 Å². The normalized spacial score (nSPS) is 34.9. The number of nitrogens with zero attached hydrogens (tertiary/aromatic N) is 1. The minimum absolute atomic E-state index is 0.0386. The summed E-state index contributed by atoms with van der Waals surface area (Å²) in [5.41, 5.74) is 0. The second-order valence-electron chi connectivity index (χ2n) is 4.38. The van der Waals surface area contributed by atoms with Crippen LogP contribution in [0.1, 0.15) is 13.3 Å². The van der Waals surface area contributed by atoms with E-state index in [1.807, 2.05) is 0 Å². The molecule has 0 radical (unpaired) electrons. The summed E-state index contributed by atoms with van der Waals surface area (Å²) in [5, 5.41) is 9.24. The standard InChI is InChI=1S/C12H13NO4S/c1-12(5-3-2-4-6-14)10(11(16)17)13-8(15)7-9(13)18-12/h2-6,9-10H,7H2,1H3,(H,16,17)/b4-2+,5-3+/t9-,10+,12+/m1/s1. The first-order chi connectivity index (χ1) is 8.49. The highest BCUT2D eigenvalue weighted by Crippen LogP contribution is 2.51. The van der Waals surface area contributed by atoms with E-state index in [4.69, 9.17) is 0 Å². The maximum atomic E-state index is 11.5. The van der Waals surface area contributed by atoms with E-state index in [9.17, 15) is 19.5 Å². The summed E-state index contributed by atoms with van der Waals surface area (Å²) in [6, 6.07) is -0.838. The number of amides is 1. The fourth-order valence-corrected chi connectivity index (χ4v) is 3.96. The number of carboxylic acids is 1. The van der Waals surface area contributed by atoms with E-state index in [2.05, 4.69) is 0 Å². The third-order valence-electron chi connectivity index (χ3n) is 3.12. The third-order valence-corrected chi connectivity index (χ3v) is 4.65. The molecule has 1 amide bonds. The molecule has 3 atom stereocenters. The maximum absolute atomic E-state index is 11.5. The molecule has 0 aromatic rings. The van der Waals surface area contributed by atoms with Crippen molar-refractivity contribution in [2.24, 2.45) is 0 Å². The number of hydrogen-bond acceptors (Lipinski definition) is 4. The Hall–Kier alpha value is -1.56. The molecule has 2 saturated heterocycles. The summed E-state index contributed by atoms with van der Waals surface area (Å²) < 4.78 is -0.657. The molecule has 6 heteroatoms. The Morgan fingerprint density at radius 2 is 2.22 bits per heavy atom. The maximum Gasteiger partial charge on any atom is 0.328 e. The average molecular weight is 267 g/mol. The van der Waals surface area contributed by atoms with Gasteiger partial charge in [-0.25, -0.2) is 4.79 Å². The monoisotopic (exact) mass is 267 g/mol. The van der Waals surface area contributed by atoms with Crippen LogP contribution >= 0.6 is 11.8 Å². The van der Waals surface area contributed by atoms with Crippen molar-refractivity contribution in [1.29, 1.82) is 0 Å². The number of aliphatic carboxylic acids is 1.